The zero-order valence-electron chi connectivity index (χ0n) is 31.0. The molecule has 0 saturated carbocycles. The molecule has 0 fully saturated rings. The third kappa shape index (κ3) is 10.1. The fraction of sp³-hybridized carbons (Fsp3) is 0.462. The van der Waals surface area contributed by atoms with Crippen molar-refractivity contribution in [3.05, 3.63) is 58.0 Å². The van der Waals surface area contributed by atoms with Crippen molar-refractivity contribution in [2.24, 2.45) is 5.18 Å². The Labute approximate surface area is 305 Å². The Morgan fingerprint density at radius 3 is 1.21 bits per heavy atom. The largest absolute Gasteiger partial charge is 0.507 e. The second-order valence-electron chi connectivity index (χ2n) is 12.0. The first-order valence-electron chi connectivity index (χ1n) is 17.8. The van der Waals surface area contributed by atoms with E-state index < -0.39 is 0 Å². The fourth-order valence-corrected chi connectivity index (χ4v) is 5.28. The minimum absolute atomic E-state index is 0.0824. The van der Waals surface area contributed by atoms with Crippen LogP contribution in [-0.2, 0) is 14.2 Å². The molecule has 4 aromatic rings. The van der Waals surface area contributed by atoms with Gasteiger partial charge in [0.2, 0.25) is 0 Å². The molecule has 4 rings (SSSR count). The highest BCUT2D eigenvalue weighted by Gasteiger charge is 2.23. The molecule has 0 spiro atoms. The predicted molar refractivity (Wildman–Crippen MR) is 199 cm³/mol. The van der Waals surface area contributed by atoms with Crippen molar-refractivity contribution in [3.8, 4) is 62.9 Å². The van der Waals surface area contributed by atoms with Crippen molar-refractivity contribution >= 4 is 5.69 Å². The zero-order chi connectivity index (χ0) is 37.5. The number of hydrogen-bond acceptors (Lipinski definition) is 13. The monoisotopic (exact) mass is 718 g/mol. The molecule has 280 valence electrons. The number of ether oxygens (including phenoxy) is 6. The normalized spacial score (nSPS) is 11.1. The van der Waals surface area contributed by atoms with Crippen molar-refractivity contribution in [1.29, 1.82) is 0 Å². The number of phenols is 2. The van der Waals surface area contributed by atoms with E-state index in [-0.39, 0.29) is 34.7 Å². The third-order valence-corrected chi connectivity index (χ3v) is 8.09. The van der Waals surface area contributed by atoms with Crippen LogP contribution < -0.4 is 14.2 Å². The van der Waals surface area contributed by atoms with E-state index in [0.29, 0.717) is 110 Å². The van der Waals surface area contributed by atoms with Crippen molar-refractivity contribution in [1.82, 2.24) is 15.0 Å². The van der Waals surface area contributed by atoms with Crippen molar-refractivity contribution in [2.75, 3.05) is 59.5 Å². The Hall–Kier alpha value is -4.85. The molecule has 2 N–H and O–H groups in total. The molecule has 3 aromatic carbocycles. The van der Waals surface area contributed by atoms with E-state index in [9.17, 15) is 15.1 Å². The summed E-state index contributed by atoms with van der Waals surface area (Å²) < 4.78 is 34.2. The molecule has 1 heterocycles. The standard InChI is InChI=1S/C39H50N4O9/c1-7-16-47-19-22-50-31-13-10-28(34(43-46)25(31)4)37-40-38(29-11-14-32(26(5)35(29)44)51-23-20-48-17-8-2)42-39(41-37)30-12-15-33(27(6)36(30)45)52-24-21-49-18-9-3/h10-15,44-45H,7-9,16-24H2,1-6H3. The summed E-state index contributed by atoms with van der Waals surface area (Å²) in [6, 6.07) is 10.1. The van der Waals surface area contributed by atoms with Gasteiger partial charge in [0.1, 0.15) is 54.3 Å². The summed E-state index contributed by atoms with van der Waals surface area (Å²) in [7, 11) is 0. The van der Waals surface area contributed by atoms with E-state index in [1.54, 1.807) is 57.2 Å². The summed E-state index contributed by atoms with van der Waals surface area (Å²) in [5, 5.41) is 26.1. The smallest absolute Gasteiger partial charge is 0.167 e. The number of phenolic OH excluding ortho intramolecular Hbond substituents is 2. The molecular formula is C39H50N4O9. The van der Waals surface area contributed by atoms with E-state index in [1.807, 2.05) is 20.8 Å². The Morgan fingerprint density at radius 1 is 0.500 bits per heavy atom. The second kappa shape index (κ2) is 20.3. The molecular weight excluding hydrogens is 668 g/mol. The van der Waals surface area contributed by atoms with E-state index in [2.05, 4.69) is 5.18 Å². The van der Waals surface area contributed by atoms with Crippen LogP contribution in [0.4, 0.5) is 5.69 Å². The molecule has 13 nitrogen and oxygen atoms in total. The quantitative estimate of drug-likeness (QED) is 0.0595. The molecule has 0 amide bonds. The van der Waals surface area contributed by atoms with Crippen LogP contribution in [0.2, 0.25) is 0 Å². The molecule has 0 saturated heterocycles. The highest BCUT2D eigenvalue weighted by molar-refractivity contribution is 5.80. The Balaban J connectivity index is 1.78. The van der Waals surface area contributed by atoms with Crippen LogP contribution in [0.25, 0.3) is 34.2 Å². The lowest BCUT2D eigenvalue weighted by Crippen LogP contribution is -2.08. The van der Waals surface area contributed by atoms with Gasteiger partial charge in [-0.1, -0.05) is 20.8 Å². The number of aromatic nitrogens is 3. The first kappa shape index (κ1) is 39.9. The molecule has 13 heteroatoms. The van der Waals surface area contributed by atoms with Gasteiger partial charge in [-0.3, -0.25) is 0 Å². The molecule has 0 radical (unpaired) electrons. The minimum Gasteiger partial charge on any atom is -0.507 e. The topological polar surface area (TPSA) is 164 Å². The maximum absolute atomic E-state index is 12.3. The highest BCUT2D eigenvalue weighted by atomic mass is 16.5. The summed E-state index contributed by atoms with van der Waals surface area (Å²) >= 11 is 0. The first-order valence-corrected chi connectivity index (χ1v) is 17.8. The van der Waals surface area contributed by atoms with E-state index in [0.717, 1.165) is 19.3 Å². The first-order chi connectivity index (χ1) is 25.2. The van der Waals surface area contributed by atoms with Crippen LogP contribution in [0.5, 0.6) is 28.7 Å². The van der Waals surface area contributed by atoms with Gasteiger partial charge in [-0.2, -0.15) is 0 Å². The SMILES string of the molecule is CCCOCCOc1ccc(-c2nc(-c3ccc(OCCOCCC)c(C)c3O)nc(-c3ccc(OCCOCCC)c(C)c3N=O)n2)c(O)c1C. The number of aromatic hydroxyl groups is 2. The van der Waals surface area contributed by atoms with Gasteiger partial charge in [-0.25, -0.2) is 15.0 Å². The summed E-state index contributed by atoms with van der Waals surface area (Å²) in [5.74, 6) is 1.56. The Kier molecular flexibility index (Phi) is 15.6. The van der Waals surface area contributed by atoms with Gasteiger partial charge in [-0.15, -0.1) is 4.91 Å². The summed E-state index contributed by atoms with van der Waals surface area (Å²) in [4.78, 5) is 26.5. The lowest BCUT2D eigenvalue weighted by molar-refractivity contribution is 0.100. The van der Waals surface area contributed by atoms with E-state index in [4.69, 9.17) is 43.4 Å². The fourth-order valence-electron chi connectivity index (χ4n) is 5.28. The molecule has 0 aliphatic carbocycles. The average molecular weight is 719 g/mol. The van der Waals surface area contributed by atoms with Gasteiger partial charge >= 0.3 is 0 Å². The van der Waals surface area contributed by atoms with Gasteiger partial charge < -0.3 is 38.6 Å². The molecule has 0 aliphatic heterocycles. The van der Waals surface area contributed by atoms with Gasteiger partial charge in [-0.05, 0) is 81.6 Å². The van der Waals surface area contributed by atoms with E-state index >= 15 is 0 Å². The maximum Gasteiger partial charge on any atom is 0.167 e. The number of benzene rings is 3. The Morgan fingerprint density at radius 2 is 0.846 bits per heavy atom. The maximum atomic E-state index is 12.3. The summed E-state index contributed by atoms with van der Waals surface area (Å²) in [6.45, 7) is 15.4. The van der Waals surface area contributed by atoms with Crippen LogP contribution in [0.1, 0.15) is 56.7 Å². The van der Waals surface area contributed by atoms with Gasteiger partial charge in [0, 0.05) is 42.1 Å². The van der Waals surface area contributed by atoms with Gasteiger partial charge in [0.15, 0.2) is 17.5 Å². The number of nitroso groups, excluding NO2 is 1. The molecule has 0 bridgehead atoms. The predicted octanol–water partition coefficient (Wildman–Crippen LogP) is 8.02. The molecule has 52 heavy (non-hydrogen) atoms. The second-order valence-corrected chi connectivity index (χ2v) is 12.0. The summed E-state index contributed by atoms with van der Waals surface area (Å²) in [6.07, 6.45) is 2.71. The lowest BCUT2D eigenvalue weighted by Gasteiger charge is -2.16. The lowest BCUT2D eigenvalue weighted by atomic mass is 10.0. The molecule has 1 aromatic heterocycles. The highest BCUT2D eigenvalue weighted by Crippen LogP contribution is 2.42. The van der Waals surface area contributed by atoms with Crippen LogP contribution in [-0.4, -0.2) is 84.6 Å². The van der Waals surface area contributed by atoms with E-state index in [1.165, 1.54) is 0 Å². The third-order valence-electron chi connectivity index (χ3n) is 8.09. The van der Waals surface area contributed by atoms with Gasteiger partial charge in [0.05, 0.1) is 30.9 Å². The number of nitrogens with zero attached hydrogens (tertiary/aromatic N) is 4. The molecule has 0 aliphatic rings. The van der Waals surface area contributed by atoms with Crippen LogP contribution >= 0.6 is 0 Å². The average Bonchev–Trinajstić information content (AvgIpc) is 3.15. The van der Waals surface area contributed by atoms with Crippen LogP contribution in [0.3, 0.4) is 0 Å². The summed E-state index contributed by atoms with van der Waals surface area (Å²) in [5.41, 5.74) is 2.45. The molecule has 0 unspecified atom stereocenters. The van der Waals surface area contributed by atoms with Gasteiger partial charge in [0.25, 0.3) is 0 Å². The number of hydrogen-bond donors (Lipinski definition) is 2. The van der Waals surface area contributed by atoms with Crippen LogP contribution in [0.15, 0.2) is 41.6 Å². The van der Waals surface area contributed by atoms with Crippen LogP contribution in [0, 0.1) is 25.7 Å². The Bertz CT molecular complexity index is 1700. The number of rotatable bonds is 22. The van der Waals surface area contributed by atoms with Crippen molar-refractivity contribution in [3.63, 3.8) is 0 Å². The zero-order valence-corrected chi connectivity index (χ0v) is 31.0. The minimum atomic E-state index is -0.0940. The molecule has 0 atom stereocenters. The van der Waals surface area contributed by atoms with Crippen molar-refractivity contribution in [2.45, 2.75) is 60.8 Å². The van der Waals surface area contributed by atoms with Crippen molar-refractivity contribution < 1.29 is 38.6 Å².